The number of para-hydroxylation sites is 2. The SMILES string of the molecule is CC1(C)c2ccccc2-c2ccc(N(c3ccc(N(c4ccccc4)c4ccccc4)cc3)c3ccc4c(c3)-c3ccccc3C43c4ccccc4C(c4ccccc4)(c4ccccc4)c4ccccc43)cc21. The van der Waals surface area contributed by atoms with Crippen LogP contribution in [0.15, 0.2) is 279 Å². The second-order valence-electron chi connectivity index (χ2n) is 20.4. The predicted octanol–water partition coefficient (Wildman–Crippen LogP) is 18.0. The highest BCUT2D eigenvalue weighted by atomic mass is 15.2. The first kappa shape index (κ1) is 42.9. The number of rotatable bonds is 8. The van der Waals surface area contributed by atoms with Gasteiger partial charge in [0.15, 0.2) is 0 Å². The zero-order valence-electron chi connectivity index (χ0n) is 41.0. The van der Waals surface area contributed by atoms with Crippen LogP contribution in [-0.2, 0) is 16.2 Å². The van der Waals surface area contributed by atoms with Crippen LogP contribution in [0.25, 0.3) is 22.3 Å². The minimum atomic E-state index is -0.584. The van der Waals surface area contributed by atoms with E-state index in [1.807, 2.05) is 0 Å². The number of benzene rings is 11. The first-order chi connectivity index (χ1) is 36.0. The molecule has 0 fully saturated rings. The van der Waals surface area contributed by atoms with Crippen molar-refractivity contribution in [1.82, 2.24) is 0 Å². The summed E-state index contributed by atoms with van der Waals surface area (Å²) in [4.78, 5) is 4.81. The van der Waals surface area contributed by atoms with Gasteiger partial charge in [-0.25, -0.2) is 0 Å². The smallest absolute Gasteiger partial charge is 0.0720 e. The molecule has 1 spiro atoms. The van der Waals surface area contributed by atoms with E-state index in [0.717, 1.165) is 34.1 Å². The molecule has 11 aromatic carbocycles. The van der Waals surface area contributed by atoms with E-state index in [4.69, 9.17) is 0 Å². The summed E-state index contributed by atoms with van der Waals surface area (Å²) in [7, 11) is 0. The summed E-state index contributed by atoms with van der Waals surface area (Å²) in [6, 6.07) is 104. The Morgan fingerprint density at radius 3 is 1.07 bits per heavy atom. The maximum Gasteiger partial charge on any atom is 0.0720 e. The monoisotopic (exact) mass is 932 g/mol. The number of anilines is 6. The maximum atomic E-state index is 2.48. The molecule has 0 bridgehead atoms. The van der Waals surface area contributed by atoms with Crippen LogP contribution in [0.2, 0.25) is 0 Å². The molecule has 0 unspecified atom stereocenters. The van der Waals surface area contributed by atoms with E-state index >= 15 is 0 Å². The number of nitrogens with zero attached hydrogens (tertiary/aromatic N) is 2. The van der Waals surface area contributed by atoms with E-state index in [-0.39, 0.29) is 5.41 Å². The largest absolute Gasteiger partial charge is 0.311 e. The van der Waals surface area contributed by atoms with Crippen LogP contribution in [0.3, 0.4) is 0 Å². The fourth-order valence-corrected chi connectivity index (χ4v) is 13.4. The van der Waals surface area contributed by atoms with Crippen LogP contribution in [0.5, 0.6) is 0 Å². The zero-order chi connectivity index (χ0) is 48.7. The molecule has 0 aliphatic heterocycles. The summed E-state index contributed by atoms with van der Waals surface area (Å²) in [5.41, 5.74) is 23.6. The molecule has 11 aromatic rings. The normalized spacial score (nSPS) is 14.5. The number of fused-ring (bicyclic) bond motifs is 12. The molecular weight excluding hydrogens is 881 g/mol. The van der Waals surface area contributed by atoms with Crippen molar-refractivity contribution in [2.45, 2.75) is 30.1 Å². The molecule has 0 amide bonds. The average Bonchev–Trinajstić information content (AvgIpc) is 3.87. The predicted molar refractivity (Wildman–Crippen MR) is 303 cm³/mol. The lowest BCUT2D eigenvalue weighted by atomic mass is 9.51. The molecule has 2 nitrogen and oxygen atoms in total. The van der Waals surface area contributed by atoms with Gasteiger partial charge in [-0.3, -0.25) is 0 Å². The molecule has 0 saturated carbocycles. The van der Waals surface area contributed by atoms with Gasteiger partial charge in [-0.2, -0.15) is 0 Å². The van der Waals surface area contributed by atoms with Crippen molar-refractivity contribution in [3.8, 4) is 22.3 Å². The summed E-state index contributed by atoms with van der Waals surface area (Å²) < 4.78 is 0. The van der Waals surface area contributed by atoms with Gasteiger partial charge in [0.2, 0.25) is 0 Å². The van der Waals surface area contributed by atoms with Crippen LogP contribution in [0, 0.1) is 0 Å². The first-order valence-corrected chi connectivity index (χ1v) is 25.6. The molecule has 73 heavy (non-hydrogen) atoms. The fraction of sp³-hybridized carbons (Fsp3) is 0.0704. The summed E-state index contributed by atoms with van der Waals surface area (Å²) >= 11 is 0. The van der Waals surface area contributed by atoms with Gasteiger partial charge in [0.25, 0.3) is 0 Å². The van der Waals surface area contributed by atoms with Crippen LogP contribution in [0.4, 0.5) is 34.1 Å². The lowest BCUT2D eigenvalue weighted by molar-refractivity contribution is 0.623. The van der Waals surface area contributed by atoms with Crippen molar-refractivity contribution in [3.63, 3.8) is 0 Å². The molecule has 3 aliphatic carbocycles. The quantitative estimate of drug-likeness (QED) is 0.150. The van der Waals surface area contributed by atoms with Gasteiger partial charge >= 0.3 is 0 Å². The summed E-state index contributed by atoms with van der Waals surface area (Å²) in [5, 5.41) is 0. The third kappa shape index (κ3) is 6.17. The molecule has 3 aliphatic rings. The third-order valence-electron chi connectivity index (χ3n) is 16.4. The molecule has 346 valence electrons. The molecule has 0 aromatic heterocycles. The van der Waals surface area contributed by atoms with Crippen LogP contribution >= 0.6 is 0 Å². The Kier molecular flexibility index (Phi) is 9.72. The molecule has 0 N–H and O–H groups in total. The molecule has 0 atom stereocenters. The number of hydrogen-bond acceptors (Lipinski definition) is 2. The van der Waals surface area contributed by atoms with E-state index in [1.165, 1.54) is 77.9 Å². The lowest BCUT2D eigenvalue weighted by Gasteiger charge is -2.50. The van der Waals surface area contributed by atoms with E-state index < -0.39 is 10.8 Å². The Labute approximate surface area is 428 Å². The van der Waals surface area contributed by atoms with E-state index in [0.29, 0.717) is 0 Å². The Bertz CT molecular complexity index is 3750. The van der Waals surface area contributed by atoms with Crippen molar-refractivity contribution < 1.29 is 0 Å². The minimum Gasteiger partial charge on any atom is -0.311 e. The minimum absolute atomic E-state index is 0.164. The lowest BCUT2D eigenvalue weighted by Crippen LogP contribution is -2.44. The van der Waals surface area contributed by atoms with Crippen molar-refractivity contribution in [2.75, 3.05) is 9.80 Å². The number of hydrogen-bond donors (Lipinski definition) is 0. The Hall–Kier alpha value is -8.98. The van der Waals surface area contributed by atoms with Crippen LogP contribution < -0.4 is 9.80 Å². The summed E-state index contributed by atoms with van der Waals surface area (Å²) in [5.74, 6) is 0. The molecule has 0 saturated heterocycles. The molecule has 2 heteroatoms. The topological polar surface area (TPSA) is 6.48 Å². The zero-order valence-corrected chi connectivity index (χ0v) is 41.0. The van der Waals surface area contributed by atoms with Crippen molar-refractivity contribution >= 4 is 34.1 Å². The van der Waals surface area contributed by atoms with Gasteiger partial charge in [-0.05, 0) is 151 Å². The van der Waals surface area contributed by atoms with Gasteiger partial charge in [0, 0.05) is 39.5 Å². The van der Waals surface area contributed by atoms with Crippen molar-refractivity contribution in [3.05, 3.63) is 335 Å². The highest BCUT2D eigenvalue weighted by molar-refractivity contribution is 5.93. The highest BCUT2D eigenvalue weighted by Gasteiger charge is 2.56. The Balaban J connectivity index is 0.991. The van der Waals surface area contributed by atoms with Gasteiger partial charge < -0.3 is 9.80 Å². The van der Waals surface area contributed by atoms with Gasteiger partial charge in [-0.1, -0.05) is 220 Å². The average molecular weight is 933 g/mol. The highest BCUT2D eigenvalue weighted by Crippen LogP contribution is 2.65. The Morgan fingerprint density at radius 2 is 0.548 bits per heavy atom. The van der Waals surface area contributed by atoms with Gasteiger partial charge in [0.05, 0.1) is 10.8 Å². The van der Waals surface area contributed by atoms with E-state index in [9.17, 15) is 0 Å². The van der Waals surface area contributed by atoms with Crippen LogP contribution in [-0.4, -0.2) is 0 Å². The van der Waals surface area contributed by atoms with Crippen molar-refractivity contribution in [2.24, 2.45) is 0 Å². The Morgan fingerprint density at radius 1 is 0.219 bits per heavy atom. The summed E-state index contributed by atoms with van der Waals surface area (Å²) in [6.07, 6.45) is 0. The van der Waals surface area contributed by atoms with Crippen molar-refractivity contribution in [1.29, 1.82) is 0 Å². The standard InChI is InChI=1S/C71H52N2/c1-69(2)61-33-17-15-31-57(61)59-45-43-56(48-68(59)69)73(54-41-39-53(40-42-54)72(51-27-11-5-12-28-51)52-29-13-6-14-30-52)55-44-46-63-60(47-55)58-32-16-18-34-62(58)71(63)66-37-21-19-35-64(66)70(49-23-7-3-8-24-49,50-25-9-4-10-26-50)65-36-20-22-38-67(65)71/h3-48H,1-2H3. The molecule has 0 heterocycles. The van der Waals surface area contributed by atoms with E-state index in [2.05, 4.69) is 303 Å². The maximum absolute atomic E-state index is 2.48. The second kappa shape index (κ2) is 16.6. The van der Waals surface area contributed by atoms with Gasteiger partial charge in [0.1, 0.15) is 0 Å². The van der Waals surface area contributed by atoms with Crippen LogP contribution in [0.1, 0.15) is 69.5 Å². The van der Waals surface area contributed by atoms with E-state index in [1.54, 1.807) is 0 Å². The van der Waals surface area contributed by atoms with Gasteiger partial charge in [-0.15, -0.1) is 0 Å². The molecule has 0 radical (unpaired) electrons. The summed E-state index contributed by atoms with van der Waals surface area (Å²) in [6.45, 7) is 4.75. The second-order valence-corrected chi connectivity index (χ2v) is 20.4. The fourth-order valence-electron chi connectivity index (χ4n) is 13.4. The molecule has 14 rings (SSSR count). The first-order valence-electron chi connectivity index (χ1n) is 25.6. The third-order valence-corrected chi connectivity index (χ3v) is 16.4. The molecular formula is C71H52N2.